The third kappa shape index (κ3) is 4.62. The van der Waals surface area contributed by atoms with Crippen molar-refractivity contribution >= 4 is 15.9 Å². The predicted molar refractivity (Wildman–Crippen MR) is 82.8 cm³/mol. The molecule has 1 aromatic heterocycles. The zero-order chi connectivity index (χ0) is 14.4. The molecule has 3 nitrogen and oxygen atoms in total. The second-order valence-electron chi connectivity index (χ2n) is 4.74. The highest BCUT2D eigenvalue weighted by molar-refractivity contribution is 9.10. The van der Waals surface area contributed by atoms with Gasteiger partial charge < -0.3 is 9.84 Å². The quantitative estimate of drug-likeness (QED) is 0.876. The summed E-state index contributed by atoms with van der Waals surface area (Å²) in [6.45, 7) is 1.88. The first-order valence-electron chi connectivity index (χ1n) is 6.64. The van der Waals surface area contributed by atoms with Gasteiger partial charge in [0.15, 0.2) is 0 Å². The monoisotopic (exact) mass is 335 g/mol. The van der Waals surface area contributed by atoms with Crippen molar-refractivity contribution in [1.29, 1.82) is 0 Å². The van der Waals surface area contributed by atoms with Gasteiger partial charge >= 0.3 is 0 Å². The molecule has 0 amide bonds. The number of aromatic nitrogens is 1. The van der Waals surface area contributed by atoms with E-state index in [1.807, 2.05) is 49.5 Å². The molecule has 0 bridgehead atoms. The lowest BCUT2D eigenvalue weighted by Gasteiger charge is -2.20. The van der Waals surface area contributed by atoms with Gasteiger partial charge in [-0.15, -0.1) is 0 Å². The first-order chi connectivity index (χ1) is 9.65. The van der Waals surface area contributed by atoms with Crippen molar-refractivity contribution in [2.24, 2.45) is 0 Å². The molecule has 0 aliphatic rings. The lowest BCUT2D eigenvalue weighted by atomic mass is 10.1. The van der Waals surface area contributed by atoms with Gasteiger partial charge in [0.05, 0.1) is 6.10 Å². The normalized spacial score (nSPS) is 13.8. The average Bonchev–Trinajstić information content (AvgIpc) is 2.48. The molecule has 0 fully saturated rings. The van der Waals surface area contributed by atoms with Crippen molar-refractivity contribution in [2.75, 3.05) is 0 Å². The second-order valence-corrected chi connectivity index (χ2v) is 5.66. The Bertz CT molecular complexity index is 516. The summed E-state index contributed by atoms with van der Waals surface area (Å²) >= 11 is 3.38. The highest BCUT2D eigenvalue weighted by Crippen LogP contribution is 2.19. The average molecular weight is 336 g/mol. The molecule has 4 heteroatoms. The highest BCUT2D eigenvalue weighted by atomic mass is 79.9. The Morgan fingerprint density at radius 1 is 1.25 bits per heavy atom. The van der Waals surface area contributed by atoms with E-state index in [9.17, 15) is 5.11 Å². The van der Waals surface area contributed by atoms with Crippen molar-refractivity contribution in [3.05, 3.63) is 58.8 Å². The number of ether oxygens (including phenoxy) is 1. The summed E-state index contributed by atoms with van der Waals surface area (Å²) in [7, 11) is 0. The van der Waals surface area contributed by atoms with E-state index < -0.39 is 6.10 Å². The van der Waals surface area contributed by atoms with E-state index in [0.717, 1.165) is 22.2 Å². The van der Waals surface area contributed by atoms with Crippen LogP contribution in [0.25, 0.3) is 0 Å². The van der Waals surface area contributed by atoms with Gasteiger partial charge in [-0.3, -0.25) is 4.98 Å². The number of pyridine rings is 1. The Balaban J connectivity index is 1.82. The van der Waals surface area contributed by atoms with E-state index in [4.69, 9.17) is 4.74 Å². The maximum atomic E-state index is 10.1. The van der Waals surface area contributed by atoms with Gasteiger partial charge in [-0.05, 0) is 55.7 Å². The Labute approximate surface area is 127 Å². The topological polar surface area (TPSA) is 42.4 Å². The number of halogens is 1. The van der Waals surface area contributed by atoms with Gasteiger partial charge in [-0.2, -0.15) is 0 Å². The summed E-state index contributed by atoms with van der Waals surface area (Å²) in [6.07, 6.45) is 4.28. The van der Waals surface area contributed by atoms with E-state index in [-0.39, 0.29) is 6.10 Å². The SMILES string of the molecule is C[C@@H](Oc1ccc(Br)cc1)[C@H](O)CCc1cccnc1. The van der Waals surface area contributed by atoms with Crippen molar-refractivity contribution < 1.29 is 9.84 Å². The predicted octanol–water partition coefficient (Wildman–Crippen LogP) is 3.61. The molecule has 1 aromatic carbocycles. The van der Waals surface area contributed by atoms with Crippen LogP contribution >= 0.6 is 15.9 Å². The second kappa shape index (κ2) is 7.41. The van der Waals surface area contributed by atoms with Crippen molar-refractivity contribution in [2.45, 2.75) is 32.0 Å². The molecule has 0 aliphatic heterocycles. The van der Waals surface area contributed by atoms with E-state index in [2.05, 4.69) is 20.9 Å². The molecular weight excluding hydrogens is 318 g/mol. The van der Waals surface area contributed by atoms with Gasteiger partial charge in [-0.25, -0.2) is 0 Å². The zero-order valence-electron chi connectivity index (χ0n) is 11.4. The van der Waals surface area contributed by atoms with Gasteiger partial charge in [0, 0.05) is 16.9 Å². The summed E-state index contributed by atoms with van der Waals surface area (Å²) in [6, 6.07) is 11.5. The minimum Gasteiger partial charge on any atom is -0.488 e. The molecule has 20 heavy (non-hydrogen) atoms. The molecule has 0 unspecified atom stereocenters. The first-order valence-corrected chi connectivity index (χ1v) is 7.43. The fourth-order valence-corrected chi connectivity index (χ4v) is 2.17. The molecule has 0 saturated carbocycles. The van der Waals surface area contributed by atoms with E-state index >= 15 is 0 Å². The van der Waals surface area contributed by atoms with Gasteiger partial charge in [-0.1, -0.05) is 22.0 Å². The molecule has 2 atom stereocenters. The van der Waals surface area contributed by atoms with Crippen LogP contribution < -0.4 is 4.74 Å². The van der Waals surface area contributed by atoms with Gasteiger partial charge in [0.1, 0.15) is 11.9 Å². The maximum absolute atomic E-state index is 10.1. The first kappa shape index (κ1) is 15.0. The Hall–Kier alpha value is -1.39. The summed E-state index contributed by atoms with van der Waals surface area (Å²) in [5.41, 5.74) is 1.13. The number of hydrogen-bond donors (Lipinski definition) is 1. The van der Waals surface area contributed by atoms with Crippen LogP contribution in [0, 0.1) is 0 Å². The van der Waals surface area contributed by atoms with Crippen LogP contribution in [0.4, 0.5) is 0 Å². The number of nitrogens with zero attached hydrogens (tertiary/aromatic N) is 1. The summed E-state index contributed by atoms with van der Waals surface area (Å²) in [5.74, 6) is 0.765. The highest BCUT2D eigenvalue weighted by Gasteiger charge is 2.15. The largest absolute Gasteiger partial charge is 0.488 e. The molecule has 2 aromatic rings. The van der Waals surface area contributed by atoms with Crippen LogP contribution in [-0.2, 0) is 6.42 Å². The number of benzene rings is 1. The van der Waals surface area contributed by atoms with Crippen LogP contribution in [0.15, 0.2) is 53.3 Å². The van der Waals surface area contributed by atoms with Gasteiger partial charge in [0.2, 0.25) is 0 Å². The summed E-state index contributed by atoms with van der Waals surface area (Å²) < 4.78 is 6.74. The smallest absolute Gasteiger partial charge is 0.122 e. The van der Waals surface area contributed by atoms with Crippen LogP contribution in [-0.4, -0.2) is 22.3 Å². The Kier molecular flexibility index (Phi) is 5.56. The third-order valence-corrected chi connectivity index (χ3v) is 3.66. The van der Waals surface area contributed by atoms with E-state index in [1.165, 1.54) is 0 Å². The maximum Gasteiger partial charge on any atom is 0.122 e. The lowest BCUT2D eigenvalue weighted by Crippen LogP contribution is -2.29. The lowest BCUT2D eigenvalue weighted by molar-refractivity contribution is 0.0420. The molecule has 0 radical (unpaired) electrons. The molecule has 1 heterocycles. The molecule has 106 valence electrons. The van der Waals surface area contributed by atoms with Crippen LogP contribution in [0.1, 0.15) is 18.9 Å². The Morgan fingerprint density at radius 2 is 2.00 bits per heavy atom. The molecule has 2 rings (SSSR count). The van der Waals surface area contributed by atoms with E-state index in [1.54, 1.807) is 6.20 Å². The number of aryl methyl sites for hydroxylation is 1. The number of aliphatic hydroxyl groups is 1. The van der Waals surface area contributed by atoms with Crippen LogP contribution in [0.5, 0.6) is 5.75 Å². The van der Waals surface area contributed by atoms with Crippen molar-refractivity contribution in [3.63, 3.8) is 0 Å². The number of aliphatic hydroxyl groups excluding tert-OH is 1. The summed E-state index contributed by atoms with van der Waals surface area (Å²) in [5, 5.41) is 10.1. The zero-order valence-corrected chi connectivity index (χ0v) is 13.0. The van der Waals surface area contributed by atoms with Gasteiger partial charge in [0.25, 0.3) is 0 Å². The minimum absolute atomic E-state index is 0.243. The molecule has 1 N–H and O–H groups in total. The standard InChI is InChI=1S/C16H18BrNO2/c1-12(20-15-7-5-14(17)6-8-15)16(19)9-4-13-3-2-10-18-11-13/h2-3,5-8,10-12,16,19H,4,9H2,1H3/t12-,16-/m1/s1. The minimum atomic E-state index is -0.501. The number of hydrogen-bond acceptors (Lipinski definition) is 3. The fourth-order valence-electron chi connectivity index (χ4n) is 1.90. The third-order valence-electron chi connectivity index (χ3n) is 3.13. The van der Waals surface area contributed by atoms with E-state index in [0.29, 0.717) is 6.42 Å². The fraction of sp³-hybridized carbons (Fsp3) is 0.312. The van der Waals surface area contributed by atoms with Crippen LogP contribution in [0.3, 0.4) is 0 Å². The molecular formula is C16H18BrNO2. The molecule has 0 spiro atoms. The number of rotatable bonds is 6. The van der Waals surface area contributed by atoms with Crippen molar-refractivity contribution in [1.82, 2.24) is 4.98 Å². The van der Waals surface area contributed by atoms with Crippen LogP contribution in [0.2, 0.25) is 0 Å². The summed E-state index contributed by atoms with van der Waals surface area (Å²) in [4.78, 5) is 4.07. The molecule has 0 aliphatic carbocycles. The Morgan fingerprint density at radius 3 is 2.65 bits per heavy atom. The van der Waals surface area contributed by atoms with Crippen molar-refractivity contribution in [3.8, 4) is 5.75 Å². The molecule has 0 saturated heterocycles.